The first kappa shape index (κ1) is 17.6. The van der Waals surface area contributed by atoms with Gasteiger partial charge in [-0.25, -0.2) is 0 Å². The Labute approximate surface area is 126 Å². The van der Waals surface area contributed by atoms with E-state index in [2.05, 4.69) is 24.5 Å². The fourth-order valence-electron chi connectivity index (χ4n) is 1.71. The van der Waals surface area contributed by atoms with Crippen molar-refractivity contribution in [3.63, 3.8) is 0 Å². The van der Waals surface area contributed by atoms with E-state index in [1.54, 1.807) is 0 Å². The normalized spacial score (nSPS) is 12.4. The lowest BCUT2D eigenvalue weighted by atomic mass is 10.2. The van der Waals surface area contributed by atoms with E-state index in [0.29, 0.717) is 25.6 Å². The van der Waals surface area contributed by atoms with E-state index in [-0.39, 0.29) is 19.1 Å². The third-order valence-corrected chi connectivity index (χ3v) is 2.76. The van der Waals surface area contributed by atoms with Crippen molar-refractivity contribution in [1.82, 2.24) is 10.6 Å². The van der Waals surface area contributed by atoms with Gasteiger partial charge in [-0.15, -0.1) is 0 Å². The summed E-state index contributed by atoms with van der Waals surface area (Å²) in [6.07, 6.45) is -0.592. The molecular formula is C16H26N2O3. The van der Waals surface area contributed by atoms with Crippen molar-refractivity contribution in [3.05, 3.63) is 35.9 Å². The highest BCUT2D eigenvalue weighted by Crippen LogP contribution is 1.96. The number of hydrogen-bond donors (Lipinski definition) is 3. The van der Waals surface area contributed by atoms with E-state index in [9.17, 15) is 9.90 Å². The smallest absolute Gasteiger partial charge is 0.234 e. The van der Waals surface area contributed by atoms with E-state index in [0.717, 1.165) is 5.56 Å². The molecule has 0 radical (unpaired) electrons. The monoisotopic (exact) mass is 294 g/mol. The minimum absolute atomic E-state index is 0.0887. The molecule has 1 atom stereocenters. The minimum Gasteiger partial charge on any atom is -0.389 e. The molecule has 0 heterocycles. The third-order valence-electron chi connectivity index (χ3n) is 2.76. The molecule has 0 bridgehead atoms. The number of hydrogen-bond acceptors (Lipinski definition) is 4. The summed E-state index contributed by atoms with van der Waals surface area (Å²) in [5, 5.41) is 15.4. The van der Waals surface area contributed by atoms with Crippen molar-refractivity contribution in [3.8, 4) is 0 Å². The molecule has 3 N–H and O–H groups in total. The number of aliphatic hydroxyl groups is 1. The highest BCUT2D eigenvalue weighted by molar-refractivity contribution is 5.77. The quantitative estimate of drug-likeness (QED) is 0.600. The van der Waals surface area contributed by atoms with Crippen molar-refractivity contribution in [1.29, 1.82) is 0 Å². The van der Waals surface area contributed by atoms with Crippen LogP contribution in [0.3, 0.4) is 0 Å². The molecule has 0 aliphatic rings. The van der Waals surface area contributed by atoms with Crippen LogP contribution in [0.5, 0.6) is 0 Å². The van der Waals surface area contributed by atoms with Gasteiger partial charge in [0.05, 0.1) is 19.3 Å². The average Bonchev–Trinajstić information content (AvgIpc) is 2.46. The first-order valence-electron chi connectivity index (χ1n) is 7.35. The topological polar surface area (TPSA) is 70.6 Å². The van der Waals surface area contributed by atoms with E-state index in [4.69, 9.17) is 4.74 Å². The van der Waals surface area contributed by atoms with Crippen LogP contribution in [-0.2, 0) is 16.1 Å². The average molecular weight is 294 g/mol. The Morgan fingerprint density at radius 3 is 2.62 bits per heavy atom. The predicted octanol–water partition coefficient (Wildman–Crippen LogP) is 0.926. The lowest BCUT2D eigenvalue weighted by Crippen LogP contribution is -2.38. The van der Waals surface area contributed by atoms with Gasteiger partial charge in [0.15, 0.2) is 0 Å². The first-order chi connectivity index (χ1) is 10.1. The summed E-state index contributed by atoms with van der Waals surface area (Å²) in [4.78, 5) is 11.6. The van der Waals surface area contributed by atoms with Crippen molar-refractivity contribution in [2.45, 2.75) is 26.5 Å². The summed E-state index contributed by atoms with van der Waals surface area (Å²) in [6.45, 7) is 6.08. The van der Waals surface area contributed by atoms with Crippen LogP contribution in [0.2, 0.25) is 0 Å². The van der Waals surface area contributed by atoms with Gasteiger partial charge >= 0.3 is 0 Å². The molecule has 1 amide bonds. The molecule has 0 saturated carbocycles. The number of aliphatic hydroxyl groups excluding tert-OH is 1. The molecule has 1 aromatic rings. The molecule has 0 aliphatic carbocycles. The van der Waals surface area contributed by atoms with E-state index in [1.807, 2.05) is 30.3 Å². The SMILES string of the molecule is CC(C)COCC(O)CNCC(=O)NCc1ccccc1. The maximum atomic E-state index is 11.6. The zero-order valence-electron chi connectivity index (χ0n) is 12.8. The van der Waals surface area contributed by atoms with Crippen LogP contribution in [0.15, 0.2) is 30.3 Å². The summed E-state index contributed by atoms with van der Waals surface area (Å²) in [7, 11) is 0. The number of nitrogens with one attached hydrogen (secondary N) is 2. The molecule has 118 valence electrons. The van der Waals surface area contributed by atoms with Crippen molar-refractivity contribution < 1.29 is 14.6 Å². The number of carbonyl (C=O) groups excluding carboxylic acids is 1. The molecular weight excluding hydrogens is 268 g/mol. The van der Waals surface area contributed by atoms with Crippen LogP contribution in [0.25, 0.3) is 0 Å². The second-order valence-corrected chi connectivity index (χ2v) is 5.48. The minimum atomic E-state index is -0.592. The predicted molar refractivity (Wildman–Crippen MR) is 82.8 cm³/mol. The Morgan fingerprint density at radius 2 is 1.95 bits per heavy atom. The largest absolute Gasteiger partial charge is 0.389 e. The van der Waals surface area contributed by atoms with Gasteiger partial charge in [0.1, 0.15) is 0 Å². The number of benzene rings is 1. The van der Waals surface area contributed by atoms with E-state index < -0.39 is 6.10 Å². The third kappa shape index (κ3) is 9.18. The first-order valence-corrected chi connectivity index (χ1v) is 7.35. The number of amides is 1. The lowest BCUT2D eigenvalue weighted by molar-refractivity contribution is -0.120. The summed E-state index contributed by atoms with van der Waals surface area (Å²) >= 11 is 0. The maximum absolute atomic E-state index is 11.6. The highest BCUT2D eigenvalue weighted by Gasteiger charge is 2.06. The van der Waals surface area contributed by atoms with Crippen molar-refractivity contribution in [2.75, 3.05) is 26.3 Å². The molecule has 5 nitrogen and oxygen atoms in total. The zero-order chi connectivity index (χ0) is 15.5. The molecule has 0 aliphatic heterocycles. The fraction of sp³-hybridized carbons (Fsp3) is 0.562. The molecule has 21 heavy (non-hydrogen) atoms. The Kier molecular flexibility index (Phi) is 8.66. The summed E-state index contributed by atoms with van der Waals surface area (Å²) in [5.74, 6) is 0.364. The number of carbonyl (C=O) groups is 1. The van der Waals surface area contributed by atoms with Crippen LogP contribution < -0.4 is 10.6 Å². The summed E-state index contributed by atoms with van der Waals surface area (Å²) < 4.78 is 5.33. The molecule has 1 rings (SSSR count). The van der Waals surface area contributed by atoms with Gasteiger partial charge in [0, 0.05) is 19.7 Å². The van der Waals surface area contributed by atoms with Gasteiger partial charge in [0.2, 0.25) is 5.91 Å². The van der Waals surface area contributed by atoms with Gasteiger partial charge in [-0.05, 0) is 11.5 Å². The summed E-state index contributed by atoms with van der Waals surface area (Å²) in [5.41, 5.74) is 1.06. The van der Waals surface area contributed by atoms with Crippen LogP contribution >= 0.6 is 0 Å². The number of ether oxygens (including phenoxy) is 1. The second-order valence-electron chi connectivity index (χ2n) is 5.48. The Balaban J connectivity index is 2.05. The Morgan fingerprint density at radius 1 is 1.24 bits per heavy atom. The van der Waals surface area contributed by atoms with Gasteiger partial charge < -0.3 is 20.5 Å². The summed E-state index contributed by atoms with van der Waals surface area (Å²) in [6, 6.07) is 9.74. The lowest BCUT2D eigenvalue weighted by Gasteiger charge is -2.13. The van der Waals surface area contributed by atoms with Crippen molar-refractivity contribution >= 4 is 5.91 Å². The van der Waals surface area contributed by atoms with Gasteiger partial charge in [0.25, 0.3) is 0 Å². The standard InChI is InChI=1S/C16H26N2O3/c1-13(2)11-21-12-15(19)9-17-10-16(20)18-8-14-6-4-3-5-7-14/h3-7,13,15,17,19H,8-12H2,1-2H3,(H,18,20). The maximum Gasteiger partial charge on any atom is 0.234 e. The Bertz CT molecular complexity index is 396. The molecule has 0 spiro atoms. The molecule has 1 aromatic carbocycles. The molecule has 0 aromatic heterocycles. The molecule has 0 fully saturated rings. The van der Waals surface area contributed by atoms with Gasteiger partial charge in [-0.3, -0.25) is 4.79 Å². The van der Waals surface area contributed by atoms with E-state index >= 15 is 0 Å². The second kappa shape index (κ2) is 10.3. The van der Waals surface area contributed by atoms with Crippen LogP contribution in [0, 0.1) is 5.92 Å². The van der Waals surface area contributed by atoms with Crippen molar-refractivity contribution in [2.24, 2.45) is 5.92 Å². The Hall–Kier alpha value is -1.43. The van der Waals surface area contributed by atoms with Crippen LogP contribution in [-0.4, -0.2) is 43.4 Å². The fourth-order valence-corrected chi connectivity index (χ4v) is 1.71. The highest BCUT2D eigenvalue weighted by atomic mass is 16.5. The zero-order valence-corrected chi connectivity index (χ0v) is 12.8. The molecule has 1 unspecified atom stereocenters. The molecule has 0 saturated heterocycles. The van der Waals surface area contributed by atoms with Crippen LogP contribution in [0.4, 0.5) is 0 Å². The van der Waals surface area contributed by atoms with Crippen LogP contribution in [0.1, 0.15) is 19.4 Å². The van der Waals surface area contributed by atoms with E-state index in [1.165, 1.54) is 0 Å². The van der Waals surface area contributed by atoms with Gasteiger partial charge in [-0.2, -0.15) is 0 Å². The molecule has 5 heteroatoms. The number of rotatable bonds is 10. The van der Waals surface area contributed by atoms with Gasteiger partial charge in [-0.1, -0.05) is 44.2 Å².